The molecule has 0 amide bonds. The molecule has 1 aromatic carbocycles. The van der Waals surface area contributed by atoms with Crippen molar-refractivity contribution in [1.29, 1.82) is 0 Å². The van der Waals surface area contributed by atoms with Crippen molar-refractivity contribution in [2.24, 2.45) is 0 Å². The molecule has 0 aliphatic carbocycles. The topological polar surface area (TPSA) is 27.3 Å². The van der Waals surface area contributed by atoms with Gasteiger partial charge in [0.05, 0.1) is 20.8 Å². The van der Waals surface area contributed by atoms with Gasteiger partial charge in [-0.1, -0.05) is 13.8 Å². The number of methoxy groups -OCH3 is 2. The second kappa shape index (κ2) is 8.83. The van der Waals surface area contributed by atoms with Crippen LogP contribution in [0.2, 0.25) is 0 Å². The Morgan fingerprint density at radius 2 is 1.68 bits per heavy atom. The average Bonchev–Trinajstić information content (AvgIpc) is 2.88. The Morgan fingerprint density at radius 3 is 2.18 bits per heavy atom. The van der Waals surface area contributed by atoms with Crippen LogP contribution in [-0.2, 0) is 19.5 Å². The molecule has 22 heavy (non-hydrogen) atoms. The van der Waals surface area contributed by atoms with E-state index in [1.807, 2.05) is 6.07 Å². The molecule has 0 bridgehead atoms. The molecule has 0 spiro atoms. The molecule has 0 atom stereocenters. The van der Waals surface area contributed by atoms with Crippen molar-refractivity contribution < 1.29 is 31.0 Å². The van der Waals surface area contributed by atoms with E-state index in [1.54, 1.807) is 14.2 Å². The molecular formula is C17H25BrN2O2. The SMILES string of the molecule is CCCn1cc[n+](Cc2cc(OC)cc(OC)c2)c1CC.[Br-]. The van der Waals surface area contributed by atoms with Gasteiger partial charge in [0.2, 0.25) is 0 Å². The van der Waals surface area contributed by atoms with Crippen LogP contribution in [0.1, 0.15) is 31.7 Å². The smallest absolute Gasteiger partial charge is 0.256 e. The van der Waals surface area contributed by atoms with Crippen LogP contribution >= 0.6 is 0 Å². The van der Waals surface area contributed by atoms with Crippen molar-refractivity contribution in [1.82, 2.24) is 4.57 Å². The Balaban J connectivity index is 0.00000242. The van der Waals surface area contributed by atoms with Crippen molar-refractivity contribution in [3.05, 3.63) is 42.0 Å². The Labute approximate surface area is 143 Å². The van der Waals surface area contributed by atoms with Crippen LogP contribution < -0.4 is 31.0 Å². The first-order valence-corrected chi connectivity index (χ1v) is 7.51. The minimum atomic E-state index is 0. The third-order valence-electron chi connectivity index (χ3n) is 3.63. The number of halogens is 1. The number of imidazole rings is 1. The summed E-state index contributed by atoms with van der Waals surface area (Å²) >= 11 is 0. The molecule has 0 radical (unpaired) electrons. The molecule has 1 aromatic heterocycles. The number of ether oxygens (including phenoxy) is 2. The Morgan fingerprint density at radius 1 is 1.05 bits per heavy atom. The minimum Gasteiger partial charge on any atom is -1.00 e. The van der Waals surface area contributed by atoms with E-state index in [1.165, 1.54) is 11.4 Å². The zero-order chi connectivity index (χ0) is 15.2. The van der Waals surface area contributed by atoms with Crippen LogP contribution in [0.4, 0.5) is 0 Å². The second-order valence-electron chi connectivity index (χ2n) is 5.11. The van der Waals surface area contributed by atoms with Crippen LogP contribution in [0.25, 0.3) is 0 Å². The molecule has 122 valence electrons. The summed E-state index contributed by atoms with van der Waals surface area (Å²) < 4.78 is 15.3. The third-order valence-corrected chi connectivity index (χ3v) is 3.63. The Hall–Kier alpha value is -1.49. The van der Waals surface area contributed by atoms with E-state index in [0.29, 0.717) is 0 Å². The van der Waals surface area contributed by atoms with E-state index in [2.05, 4.69) is 47.5 Å². The fourth-order valence-corrected chi connectivity index (χ4v) is 2.65. The molecule has 0 saturated carbocycles. The van der Waals surface area contributed by atoms with Gasteiger partial charge >= 0.3 is 0 Å². The Bertz CT molecular complexity index is 574. The van der Waals surface area contributed by atoms with Gasteiger partial charge in [-0.15, -0.1) is 0 Å². The summed E-state index contributed by atoms with van der Waals surface area (Å²) in [7, 11) is 3.36. The van der Waals surface area contributed by atoms with Crippen molar-refractivity contribution >= 4 is 0 Å². The van der Waals surface area contributed by atoms with E-state index in [-0.39, 0.29) is 17.0 Å². The molecule has 4 nitrogen and oxygen atoms in total. The number of hydrogen-bond acceptors (Lipinski definition) is 2. The fraction of sp³-hybridized carbons (Fsp3) is 0.471. The predicted octanol–water partition coefficient (Wildman–Crippen LogP) is -0.182. The zero-order valence-electron chi connectivity index (χ0n) is 13.8. The molecule has 2 aromatic rings. The maximum absolute atomic E-state index is 5.34. The van der Waals surface area contributed by atoms with E-state index < -0.39 is 0 Å². The largest absolute Gasteiger partial charge is 1.00 e. The highest BCUT2D eigenvalue weighted by molar-refractivity contribution is 5.38. The molecule has 0 aliphatic rings. The van der Waals surface area contributed by atoms with Gasteiger partial charge in [-0.25, -0.2) is 9.13 Å². The monoisotopic (exact) mass is 368 g/mol. The molecule has 0 saturated heterocycles. The molecule has 0 fully saturated rings. The summed E-state index contributed by atoms with van der Waals surface area (Å²) in [6.07, 6.45) is 6.49. The van der Waals surface area contributed by atoms with Gasteiger partial charge in [0.15, 0.2) is 0 Å². The second-order valence-corrected chi connectivity index (χ2v) is 5.11. The number of benzene rings is 1. The number of hydrogen-bond donors (Lipinski definition) is 0. The summed E-state index contributed by atoms with van der Waals surface area (Å²) in [5, 5.41) is 0. The van der Waals surface area contributed by atoms with Crippen LogP contribution in [0.3, 0.4) is 0 Å². The molecule has 0 aliphatic heterocycles. The minimum absolute atomic E-state index is 0. The van der Waals surface area contributed by atoms with Crippen LogP contribution in [-0.4, -0.2) is 18.8 Å². The molecular weight excluding hydrogens is 344 g/mol. The van der Waals surface area contributed by atoms with Crippen LogP contribution in [0.15, 0.2) is 30.6 Å². The highest BCUT2D eigenvalue weighted by Gasteiger charge is 2.15. The van der Waals surface area contributed by atoms with Gasteiger partial charge in [-0.2, -0.15) is 0 Å². The Kier molecular flexibility index (Phi) is 7.45. The average molecular weight is 369 g/mol. The van der Waals surface area contributed by atoms with Gasteiger partial charge in [-0.05, 0) is 18.6 Å². The van der Waals surface area contributed by atoms with Gasteiger partial charge in [0.1, 0.15) is 30.4 Å². The van der Waals surface area contributed by atoms with Gasteiger partial charge < -0.3 is 26.5 Å². The lowest BCUT2D eigenvalue weighted by atomic mass is 10.2. The third kappa shape index (κ3) is 4.26. The first-order valence-electron chi connectivity index (χ1n) is 7.51. The highest BCUT2D eigenvalue weighted by Crippen LogP contribution is 2.22. The summed E-state index contributed by atoms with van der Waals surface area (Å²) in [4.78, 5) is 0. The first-order chi connectivity index (χ1) is 10.2. The maximum atomic E-state index is 5.34. The lowest BCUT2D eigenvalue weighted by molar-refractivity contribution is -0.695. The summed E-state index contributed by atoms with van der Waals surface area (Å²) in [5.74, 6) is 3.01. The van der Waals surface area contributed by atoms with Crippen molar-refractivity contribution in [3.63, 3.8) is 0 Å². The summed E-state index contributed by atoms with van der Waals surface area (Å²) in [5.41, 5.74) is 1.18. The number of aryl methyl sites for hydroxylation is 1. The summed E-state index contributed by atoms with van der Waals surface area (Å²) in [6.45, 7) is 6.30. The first kappa shape index (κ1) is 18.6. The van der Waals surface area contributed by atoms with Gasteiger partial charge in [-0.3, -0.25) is 0 Å². The molecule has 2 rings (SSSR count). The van der Waals surface area contributed by atoms with Gasteiger partial charge in [0, 0.05) is 18.1 Å². The predicted molar refractivity (Wildman–Crippen MR) is 82.9 cm³/mol. The number of rotatable bonds is 7. The van der Waals surface area contributed by atoms with Crippen molar-refractivity contribution in [3.8, 4) is 11.5 Å². The quantitative estimate of drug-likeness (QED) is 0.634. The maximum Gasteiger partial charge on any atom is 0.256 e. The molecule has 1 heterocycles. The molecule has 0 N–H and O–H groups in total. The van der Waals surface area contributed by atoms with Crippen LogP contribution in [0.5, 0.6) is 11.5 Å². The van der Waals surface area contributed by atoms with Crippen molar-refractivity contribution in [2.45, 2.75) is 39.8 Å². The van der Waals surface area contributed by atoms with Crippen molar-refractivity contribution in [2.75, 3.05) is 14.2 Å². The number of nitrogens with zero attached hydrogens (tertiary/aromatic N) is 2. The van der Waals surface area contributed by atoms with Crippen LogP contribution in [0, 0.1) is 0 Å². The molecule has 5 heteroatoms. The van der Waals surface area contributed by atoms with E-state index in [0.717, 1.165) is 37.4 Å². The lowest BCUT2D eigenvalue weighted by Crippen LogP contribution is -3.00. The highest BCUT2D eigenvalue weighted by atomic mass is 79.9. The normalized spacial score (nSPS) is 10.2. The van der Waals surface area contributed by atoms with E-state index in [4.69, 9.17) is 9.47 Å². The lowest BCUT2D eigenvalue weighted by Gasteiger charge is -2.08. The summed E-state index contributed by atoms with van der Waals surface area (Å²) in [6, 6.07) is 6.02. The van der Waals surface area contributed by atoms with Gasteiger partial charge in [0.25, 0.3) is 5.82 Å². The number of aromatic nitrogens is 2. The standard InChI is InChI=1S/C17H25N2O2.BrH/c1-5-7-18-8-9-19(17(18)6-2)13-14-10-15(20-3)12-16(11-14)21-4;/h8-12H,5-7,13H2,1-4H3;1H/q+1;/p-1. The van der Waals surface area contributed by atoms with E-state index in [9.17, 15) is 0 Å². The fourth-order valence-electron chi connectivity index (χ4n) is 2.65. The zero-order valence-corrected chi connectivity index (χ0v) is 15.4. The van der Waals surface area contributed by atoms with E-state index >= 15 is 0 Å². The molecule has 0 unspecified atom stereocenters.